The molecule has 8 heteroatoms. The number of imide groups is 1. The second-order valence-corrected chi connectivity index (χ2v) is 8.21. The lowest BCUT2D eigenvalue weighted by atomic mass is 9.81. The first-order chi connectivity index (χ1) is 13.4. The fourth-order valence-electron chi connectivity index (χ4n) is 4.94. The number of hydrogen-bond acceptors (Lipinski definition) is 5. The maximum absolute atomic E-state index is 12.7. The highest BCUT2D eigenvalue weighted by molar-refractivity contribution is 6.30. The number of ether oxygens (including phenoxy) is 1. The molecule has 3 aliphatic rings. The Kier molecular flexibility index (Phi) is 4.87. The molecule has 0 aromatic heterocycles. The molecular formula is C20H21ClN2O5. The zero-order valence-electron chi connectivity index (χ0n) is 15.4. The van der Waals surface area contributed by atoms with Gasteiger partial charge in [-0.15, -0.1) is 0 Å². The molecule has 3 amide bonds. The summed E-state index contributed by atoms with van der Waals surface area (Å²) in [6, 6.07) is 5.54. The number of benzene rings is 1. The molecule has 0 unspecified atom stereocenters. The third-order valence-electron chi connectivity index (χ3n) is 6.14. The Morgan fingerprint density at radius 3 is 2.46 bits per heavy atom. The molecular weight excluding hydrogens is 384 g/mol. The van der Waals surface area contributed by atoms with E-state index in [1.165, 1.54) is 6.92 Å². The molecule has 28 heavy (non-hydrogen) atoms. The molecule has 4 rings (SSSR count). The molecule has 5 atom stereocenters. The number of hydrogen-bond donors (Lipinski definition) is 1. The lowest BCUT2D eigenvalue weighted by Crippen LogP contribution is -2.45. The van der Waals surface area contributed by atoms with Crippen LogP contribution in [0.5, 0.6) is 0 Å². The standard InChI is InChI=1S/C20H21ClN2O5/c1-10(20(27)28-9-15(24)22-14-4-2-3-13(21)8-14)23-18(25)16-11-5-6-12(7-11)17(16)19(23)26/h2-4,8,10-12,16-17H,5-7,9H2,1H3,(H,22,24)/t10-,11+,12+,16-,17-/m0/s1. The molecule has 1 N–H and O–H groups in total. The van der Waals surface area contributed by atoms with Crippen LogP contribution in [0, 0.1) is 23.7 Å². The number of nitrogens with one attached hydrogen (secondary N) is 1. The van der Waals surface area contributed by atoms with Gasteiger partial charge in [0.2, 0.25) is 11.8 Å². The summed E-state index contributed by atoms with van der Waals surface area (Å²) in [5.41, 5.74) is 0.481. The van der Waals surface area contributed by atoms with Gasteiger partial charge in [0.1, 0.15) is 6.04 Å². The highest BCUT2D eigenvalue weighted by atomic mass is 35.5. The van der Waals surface area contributed by atoms with Crippen LogP contribution in [-0.2, 0) is 23.9 Å². The van der Waals surface area contributed by atoms with Crippen molar-refractivity contribution in [2.24, 2.45) is 23.7 Å². The minimum absolute atomic E-state index is 0.253. The van der Waals surface area contributed by atoms with Crippen molar-refractivity contribution in [3.63, 3.8) is 0 Å². The topological polar surface area (TPSA) is 92.8 Å². The average Bonchev–Trinajstić information content (AvgIpc) is 3.33. The Balaban J connectivity index is 1.34. The molecule has 148 valence electrons. The van der Waals surface area contributed by atoms with Gasteiger partial charge in [-0.3, -0.25) is 19.3 Å². The van der Waals surface area contributed by atoms with Crippen molar-refractivity contribution in [3.8, 4) is 0 Å². The maximum Gasteiger partial charge on any atom is 0.329 e. The normalized spacial score (nSPS) is 29.0. The summed E-state index contributed by atoms with van der Waals surface area (Å²) in [7, 11) is 0. The fraction of sp³-hybridized carbons (Fsp3) is 0.500. The summed E-state index contributed by atoms with van der Waals surface area (Å²) in [6.07, 6.45) is 2.88. The number of amides is 3. The van der Waals surface area contributed by atoms with E-state index in [1.807, 2.05) is 0 Å². The van der Waals surface area contributed by atoms with Gasteiger partial charge in [-0.1, -0.05) is 17.7 Å². The van der Waals surface area contributed by atoms with E-state index in [0.29, 0.717) is 10.7 Å². The van der Waals surface area contributed by atoms with Gasteiger partial charge in [-0.2, -0.15) is 0 Å². The second-order valence-electron chi connectivity index (χ2n) is 7.77. The minimum Gasteiger partial charge on any atom is -0.454 e. The summed E-state index contributed by atoms with van der Waals surface area (Å²) in [6.45, 7) is 0.958. The molecule has 1 aromatic rings. The zero-order valence-corrected chi connectivity index (χ0v) is 16.1. The molecule has 1 heterocycles. The third-order valence-corrected chi connectivity index (χ3v) is 6.38. The molecule has 2 aliphatic carbocycles. The van der Waals surface area contributed by atoms with E-state index in [-0.39, 0.29) is 35.5 Å². The highest BCUT2D eigenvalue weighted by Gasteiger charge is 2.62. The van der Waals surface area contributed by atoms with Gasteiger partial charge < -0.3 is 10.1 Å². The predicted octanol–water partition coefficient (Wildman–Crippen LogP) is 2.24. The Morgan fingerprint density at radius 1 is 1.21 bits per heavy atom. The Hall–Kier alpha value is -2.41. The lowest BCUT2D eigenvalue weighted by molar-refractivity contribution is -0.159. The molecule has 2 saturated carbocycles. The fourth-order valence-corrected chi connectivity index (χ4v) is 5.13. The van der Waals surface area contributed by atoms with Crippen molar-refractivity contribution in [1.29, 1.82) is 0 Å². The number of rotatable bonds is 5. The molecule has 0 radical (unpaired) electrons. The van der Waals surface area contributed by atoms with Crippen LogP contribution in [0.15, 0.2) is 24.3 Å². The van der Waals surface area contributed by atoms with Crippen molar-refractivity contribution < 1.29 is 23.9 Å². The van der Waals surface area contributed by atoms with Gasteiger partial charge in [0.05, 0.1) is 11.8 Å². The van der Waals surface area contributed by atoms with Crippen LogP contribution in [0.2, 0.25) is 5.02 Å². The van der Waals surface area contributed by atoms with E-state index in [4.69, 9.17) is 16.3 Å². The molecule has 1 aliphatic heterocycles. The number of anilines is 1. The van der Waals surface area contributed by atoms with Crippen molar-refractivity contribution in [3.05, 3.63) is 29.3 Å². The third kappa shape index (κ3) is 3.17. The molecule has 1 aromatic carbocycles. The Morgan fingerprint density at radius 2 is 1.86 bits per heavy atom. The van der Waals surface area contributed by atoms with Gasteiger partial charge in [0, 0.05) is 10.7 Å². The highest BCUT2D eigenvalue weighted by Crippen LogP contribution is 2.56. The molecule has 0 spiro atoms. The SMILES string of the molecule is C[C@@H](C(=O)OCC(=O)Nc1cccc(Cl)c1)N1C(=O)[C@H]2[C@@H]3CC[C@H](C3)[C@@H]2C1=O. The van der Waals surface area contributed by atoms with Crippen molar-refractivity contribution in [2.45, 2.75) is 32.2 Å². The number of esters is 1. The van der Waals surface area contributed by atoms with E-state index >= 15 is 0 Å². The number of nitrogens with zero attached hydrogens (tertiary/aromatic N) is 1. The van der Waals surface area contributed by atoms with E-state index in [9.17, 15) is 19.2 Å². The summed E-state index contributed by atoms with van der Waals surface area (Å²) >= 11 is 5.86. The van der Waals surface area contributed by atoms with E-state index < -0.39 is 24.5 Å². The molecule has 1 saturated heterocycles. The van der Waals surface area contributed by atoms with Crippen LogP contribution in [-0.4, -0.2) is 41.2 Å². The predicted molar refractivity (Wildman–Crippen MR) is 100 cm³/mol. The van der Waals surface area contributed by atoms with E-state index in [2.05, 4.69) is 5.32 Å². The first-order valence-electron chi connectivity index (χ1n) is 9.45. The van der Waals surface area contributed by atoms with Crippen LogP contribution in [0.1, 0.15) is 26.2 Å². The van der Waals surface area contributed by atoms with Crippen LogP contribution >= 0.6 is 11.6 Å². The smallest absolute Gasteiger partial charge is 0.329 e. The first-order valence-corrected chi connectivity index (χ1v) is 9.83. The quantitative estimate of drug-likeness (QED) is 0.600. The van der Waals surface area contributed by atoms with E-state index in [1.54, 1.807) is 24.3 Å². The van der Waals surface area contributed by atoms with Crippen LogP contribution in [0.25, 0.3) is 0 Å². The number of halogens is 1. The van der Waals surface area contributed by atoms with Gasteiger partial charge in [-0.25, -0.2) is 4.79 Å². The van der Waals surface area contributed by atoms with Crippen molar-refractivity contribution >= 4 is 41.0 Å². The van der Waals surface area contributed by atoms with Gasteiger partial charge >= 0.3 is 5.97 Å². The molecule has 7 nitrogen and oxygen atoms in total. The number of carbonyl (C=O) groups is 4. The summed E-state index contributed by atoms with van der Waals surface area (Å²) in [5, 5.41) is 3.03. The minimum atomic E-state index is -1.04. The van der Waals surface area contributed by atoms with Gasteiger partial charge in [0.25, 0.3) is 5.91 Å². The summed E-state index contributed by atoms with van der Waals surface area (Å²) < 4.78 is 5.04. The van der Waals surface area contributed by atoms with Crippen molar-refractivity contribution in [2.75, 3.05) is 11.9 Å². The van der Waals surface area contributed by atoms with Crippen LogP contribution < -0.4 is 5.32 Å². The average molecular weight is 405 g/mol. The van der Waals surface area contributed by atoms with Gasteiger partial charge in [0.15, 0.2) is 6.61 Å². The van der Waals surface area contributed by atoms with E-state index in [0.717, 1.165) is 24.2 Å². The van der Waals surface area contributed by atoms with Crippen LogP contribution in [0.3, 0.4) is 0 Å². The van der Waals surface area contributed by atoms with Crippen LogP contribution in [0.4, 0.5) is 5.69 Å². The summed E-state index contributed by atoms with van der Waals surface area (Å²) in [5.74, 6) is -1.90. The second kappa shape index (κ2) is 7.20. The molecule has 3 fully saturated rings. The monoisotopic (exact) mass is 404 g/mol. The Labute approximate surface area is 167 Å². The lowest BCUT2D eigenvalue weighted by Gasteiger charge is -2.23. The van der Waals surface area contributed by atoms with Crippen molar-refractivity contribution in [1.82, 2.24) is 4.90 Å². The molecule has 2 bridgehead atoms. The number of fused-ring (bicyclic) bond motifs is 5. The zero-order chi connectivity index (χ0) is 20.0. The summed E-state index contributed by atoms with van der Waals surface area (Å²) in [4.78, 5) is 50.9. The van der Waals surface area contributed by atoms with Gasteiger partial charge in [-0.05, 0) is 56.2 Å². The largest absolute Gasteiger partial charge is 0.454 e. The number of likely N-dealkylation sites (tertiary alicyclic amines) is 1. The Bertz CT molecular complexity index is 829. The first kappa shape index (κ1) is 18.9. The number of carbonyl (C=O) groups excluding carboxylic acids is 4. The maximum atomic E-state index is 12.7.